The average molecular weight is 248 g/mol. The highest BCUT2D eigenvalue weighted by Gasteiger charge is 2.22. The maximum Gasteiger partial charge on any atom is 0.119 e. The average Bonchev–Trinajstić information content (AvgIpc) is 2.35. The van der Waals surface area contributed by atoms with Crippen LogP contribution in [0.5, 0.6) is 5.75 Å². The maximum atomic E-state index is 5.55. The third-order valence-corrected chi connectivity index (χ3v) is 3.49. The molecule has 0 radical (unpaired) electrons. The lowest BCUT2D eigenvalue weighted by Crippen LogP contribution is -2.53. The Kier molecular flexibility index (Phi) is 4.61. The lowest BCUT2D eigenvalue weighted by molar-refractivity contribution is 0.138. The van der Waals surface area contributed by atoms with Crippen LogP contribution >= 0.6 is 0 Å². The van der Waals surface area contributed by atoms with Gasteiger partial charge in [-0.05, 0) is 38.5 Å². The second-order valence-electron chi connectivity index (χ2n) is 5.17. The van der Waals surface area contributed by atoms with Crippen LogP contribution in [0.25, 0.3) is 0 Å². The molecule has 18 heavy (non-hydrogen) atoms. The molecule has 1 heterocycles. The van der Waals surface area contributed by atoms with Crippen LogP contribution in [-0.4, -0.2) is 36.7 Å². The van der Waals surface area contributed by atoms with E-state index in [9.17, 15) is 0 Å². The molecule has 1 saturated heterocycles. The van der Waals surface area contributed by atoms with Gasteiger partial charge in [-0.15, -0.1) is 0 Å². The SMILES string of the molecule is CCOc1cccc(CN2CC(C)NCC2C)c1. The highest BCUT2D eigenvalue weighted by atomic mass is 16.5. The van der Waals surface area contributed by atoms with Crippen LogP contribution in [0, 0.1) is 0 Å². The number of nitrogens with one attached hydrogen (secondary N) is 1. The van der Waals surface area contributed by atoms with Crippen molar-refractivity contribution in [2.24, 2.45) is 0 Å². The topological polar surface area (TPSA) is 24.5 Å². The minimum absolute atomic E-state index is 0.580. The van der Waals surface area contributed by atoms with Gasteiger partial charge in [0.2, 0.25) is 0 Å². The zero-order chi connectivity index (χ0) is 13.0. The van der Waals surface area contributed by atoms with E-state index < -0.39 is 0 Å². The van der Waals surface area contributed by atoms with E-state index in [-0.39, 0.29) is 0 Å². The molecule has 1 aromatic carbocycles. The Morgan fingerprint density at radius 3 is 3.00 bits per heavy atom. The fraction of sp³-hybridized carbons (Fsp3) is 0.600. The van der Waals surface area contributed by atoms with Gasteiger partial charge in [-0.25, -0.2) is 0 Å². The Hall–Kier alpha value is -1.06. The van der Waals surface area contributed by atoms with Crippen molar-refractivity contribution in [2.75, 3.05) is 19.7 Å². The summed E-state index contributed by atoms with van der Waals surface area (Å²) in [6, 6.07) is 9.62. The van der Waals surface area contributed by atoms with Crippen molar-refractivity contribution in [1.82, 2.24) is 10.2 Å². The number of ether oxygens (including phenoxy) is 1. The van der Waals surface area contributed by atoms with Gasteiger partial charge in [-0.2, -0.15) is 0 Å². The molecule has 0 aliphatic carbocycles. The molecule has 100 valence electrons. The van der Waals surface area contributed by atoms with Crippen LogP contribution < -0.4 is 10.1 Å². The van der Waals surface area contributed by atoms with E-state index in [0.717, 1.165) is 32.0 Å². The summed E-state index contributed by atoms with van der Waals surface area (Å²) < 4.78 is 5.55. The van der Waals surface area contributed by atoms with Gasteiger partial charge in [0.1, 0.15) is 5.75 Å². The zero-order valence-corrected chi connectivity index (χ0v) is 11.6. The molecule has 2 unspecified atom stereocenters. The molecule has 2 rings (SSSR count). The van der Waals surface area contributed by atoms with Crippen LogP contribution in [-0.2, 0) is 6.54 Å². The molecule has 3 nitrogen and oxygen atoms in total. The molecular formula is C15H24N2O. The number of hydrogen-bond acceptors (Lipinski definition) is 3. The summed E-state index contributed by atoms with van der Waals surface area (Å²) in [7, 11) is 0. The quantitative estimate of drug-likeness (QED) is 0.884. The fourth-order valence-electron chi connectivity index (χ4n) is 2.45. The Bertz CT molecular complexity index is 381. The molecule has 2 atom stereocenters. The van der Waals surface area contributed by atoms with Crippen LogP contribution in [0.15, 0.2) is 24.3 Å². The molecule has 1 aromatic rings. The molecule has 0 saturated carbocycles. The van der Waals surface area contributed by atoms with Crippen LogP contribution in [0.1, 0.15) is 26.3 Å². The van der Waals surface area contributed by atoms with Crippen molar-refractivity contribution in [3.05, 3.63) is 29.8 Å². The Morgan fingerprint density at radius 1 is 1.39 bits per heavy atom. The highest BCUT2D eigenvalue weighted by Crippen LogP contribution is 2.17. The second-order valence-corrected chi connectivity index (χ2v) is 5.17. The van der Waals surface area contributed by atoms with E-state index in [1.165, 1.54) is 5.56 Å². The molecule has 0 bridgehead atoms. The number of piperazine rings is 1. The van der Waals surface area contributed by atoms with Crippen LogP contribution in [0.3, 0.4) is 0 Å². The summed E-state index contributed by atoms with van der Waals surface area (Å²) in [5, 5.41) is 3.51. The minimum atomic E-state index is 0.580. The fourth-order valence-corrected chi connectivity index (χ4v) is 2.45. The summed E-state index contributed by atoms with van der Waals surface area (Å²) in [6.45, 7) is 10.5. The third-order valence-electron chi connectivity index (χ3n) is 3.49. The third kappa shape index (κ3) is 3.47. The molecule has 1 N–H and O–H groups in total. The van der Waals surface area contributed by atoms with Gasteiger partial charge >= 0.3 is 0 Å². The first-order valence-electron chi connectivity index (χ1n) is 6.88. The van der Waals surface area contributed by atoms with Crippen molar-refractivity contribution >= 4 is 0 Å². The summed E-state index contributed by atoms with van der Waals surface area (Å²) in [6.07, 6.45) is 0. The van der Waals surface area contributed by atoms with Gasteiger partial charge in [-0.3, -0.25) is 4.90 Å². The smallest absolute Gasteiger partial charge is 0.119 e. The van der Waals surface area contributed by atoms with E-state index in [2.05, 4.69) is 42.3 Å². The van der Waals surface area contributed by atoms with Gasteiger partial charge in [0.05, 0.1) is 6.61 Å². The van der Waals surface area contributed by atoms with E-state index >= 15 is 0 Å². The van der Waals surface area contributed by atoms with E-state index in [4.69, 9.17) is 4.74 Å². The largest absolute Gasteiger partial charge is 0.494 e. The van der Waals surface area contributed by atoms with Gasteiger partial charge in [0, 0.05) is 31.7 Å². The van der Waals surface area contributed by atoms with Crippen LogP contribution in [0.4, 0.5) is 0 Å². The Balaban J connectivity index is 2.01. The van der Waals surface area contributed by atoms with Crippen molar-refractivity contribution in [3.8, 4) is 5.75 Å². The summed E-state index contributed by atoms with van der Waals surface area (Å²) >= 11 is 0. The van der Waals surface area contributed by atoms with E-state index in [1.807, 2.05) is 13.0 Å². The van der Waals surface area contributed by atoms with Gasteiger partial charge < -0.3 is 10.1 Å². The summed E-state index contributed by atoms with van der Waals surface area (Å²) in [4.78, 5) is 2.53. The first-order valence-corrected chi connectivity index (χ1v) is 6.88. The Morgan fingerprint density at radius 2 is 2.22 bits per heavy atom. The van der Waals surface area contributed by atoms with Crippen LogP contribution in [0.2, 0.25) is 0 Å². The van der Waals surface area contributed by atoms with Crippen molar-refractivity contribution in [1.29, 1.82) is 0 Å². The summed E-state index contributed by atoms with van der Waals surface area (Å²) in [5.74, 6) is 0.978. The molecule has 1 aliphatic rings. The lowest BCUT2D eigenvalue weighted by atomic mass is 10.1. The molecule has 1 aliphatic heterocycles. The predicted molar refractivity (Wildman–Crippen MR) is 74.9 cm³/mol. The standard InChI is InChI=1S/C15H24N2O/c1-4-18-15-7-5-6-14(8-15)11-17-10-12(2)16-9-13(17)3/h5-8,12-13,16H,4,9-11H2,1-3H3. The van der Waals surface area contributed by atoms with Crippen molar-refractivity contribution in [3.63, 3.8) is 0 Å². The molecule has 0 spiro atoms. The minimum Gasteiger partial charge on any atom is -0.494 e. The van der Waals surface area contributed by atoms with E-state index in [1.54, 1.807) is 0 Å². The highest BCUT2D eigenvalue weighted by molar-refractivity contribution is 5.28. The van der Waals surface area contributed by atoms with Gasteiger partial charge in [0.25, 0.3) is 0 Å². The lowest BCUT2D eigenvalue weighted by Gasteiger charge is -2.37. The summed E-state index contributed by atoms with van der Waals surface area (Å²) in [5.41, 5.74) is 1.34. The predicted octanol–water partition coefficient (Wildman–Crippen LogP) is 2.27. The normalized spacial score (nSPS) is 25.1. The Labute approximate surface area is 110 Å². The van der Waals surface area contributed by atoms with Crippen molar-refractivity contribution in [2.45, 2.75) is 39.4 Å². The van der Waals surface area contributed by atoms with E-state index in [0.29, 0.717) is 12.1 Å². The molecule has 0 aromatic heterocycles. The van der Waals surface area contributed by atoms with Crippen molar-refractivity contribution < 1.29 is 4.74 Å². The zero-order valence-electron chi connectivity index (χ0n) is 11.6. The number of rotatable bonds is 4. The molecule has 0 amide bonds. The first-order chi connectivity index (χ1) is 8.69. The molecule has 1 fully saturated rings. The molecular weight excluding hydrogens is 224 g/mol. The number of benzene rings is 1. The number of hydrogen-bond donors (Lipinski definition) is 1. The van der Waals surface area contributed by atoms with Gasteiger partial charge in [-0.1, -0.05) is 12.1 Å². The molecule has 3 heteroatoms. The maximum absolute atomic E-state index is 5.55. The first kappa shape index (κ1) is 13.4. The number of nitrogens with zero attached hydrogens (tertiary/aromatic N) is 1. The van der Waals surface area contributed by atoms with Gasteiger partial charge in [0.15, 0.2) is 0 Å². The monoisotopic (exact) mass is 248 g/mol. The second kappa shape index (κ2) is 6.21.